The van der Waals surface area contributed by atoms with Gasteiger partial charge >= 0.3 is 0 Å². The van der Waals surface area contributed by atoms with Crippen LogP contribution in [-0.2, 0) is 0 Å². The monoisotopic (exact) mass is 611 g/mol. The van der Waals surface area contributed by atoms with Crippen LogP contribution in [0.15, 0.2) is 170 Å². The van der Waals surface area contributed by atoms with Crippen molar-refractivity contribution in [3.05, 3.63) is 198 Å². The number of benzene rings is 6. The molecule has 0 spiro atoms. The molecule has 47 heavy (non-hydrogen) atoms. The Hall–Kier alpha value is -6.06. The molecule has 0 amide bonds. The van der Waals surface area contributed by atoms with Crippen LogP contribution in [-0.4, -0.2) is 14.2 Å². The zero-order valence-electron chi connectivity index (χ0n) is 26.7. The Bertz CT molecular complexity index is 1850. The second-order valence-corrected chi connectivity index (χ2v) is 11.0. The Morgan fingerprint density at radius 1 is 0.426 bits per heavy atom. The van der Waals surface area contributed by atoms with Gasteiger partial charge in [-0.15, -0.1) is 0 Å². The highest BCUT2D eigenvalue weighted by Crippen LogP contribution is 2.36. The highest BCUT2D eigenvalue weighted by atomic mass is 16.5. The number of methoxy groups -OCH3 is 2. The molecule has 0 aromatic heterocycles. The number of hydrogen-bond donors (Lipinski definition) is 0. The highest BCUT2D eigenvalue weighted by Gasteiger charge is 2.13. The normalized spacial score (nSPS) is 11.0. The van der Waals surface area contributed by atoms with Gasteiger partial charge in [-0.2, -0.15) is 0 Å². The van der Waals surface area contributed by atoms with Gasteiger partial charge in [-0.25, -0.2) is 0 Å². The zero-order valence-corrected chi connectivity index (χ0v) is 26.7. The van der Waals surface area contributed by atoms with Crippen molar-refractivity contribution in [2.45, 2.75) is 0 Å². The van der Waals surface area contributed by atoms with Crippen molar-refractivity contribution in [2.75, 3.05) is 19.1 Å². The molecule has 6 aromatic rings. The molecule has 6 rings (SSSR count). The van der Waals surface area contributed by atoms with E-state index in [9.17, 15) is 0 Å². The lowest BCUT2D eigenvalue weighted by molar-refractivity contribution is 0.415. The van der Waals surface area contributed by atoms with Crippen LogP contribution in [0.1, 0.15) is 27.8 Å². The van der Waals surface area contributed by atoms with E-state index in [4.69, 9.17) is 9.47 Å². The van der Waals surface area contributed by atoms with Crippen LogP contribution in [0, 0.1) is 0 Å². The maximum absolute atomic E-state index is 5.38. The van der Waals surface area contributed by atoms with E-state index in [0.29, 0.717) is 0 Å². The number of hydrogen-bond acceptors (Lipinski definition) is 3. The summed E-state index contributed by atoms with van der Waals surface area (Å²) in [5, 5.41) is 0. The van der Waals surface area contributed by atoms with Gasteiger partial charge in [0.2, 0.25) is 0 Å². The van der Waals surface area contributed by atoms with Crippen LogP contribution in [0.2, 0.25) is 0 Å². The maximum atomic E-state index is 5.38. The summed E-state index contributed by atoms with van der Waals surface area (Å²) < 4.78 is 10.8. The molecule has 0 aliphatic rings. The van der Waals surface area contributed by atoms with Gasteiger partial charge in [-0.3, -0.25) is 0 Å². The number of ether oxygens (including phenoxy) is 2. The predicted molar refractivity (Wildman–Crippen MR) is 199 cm³/mol. The molecule has 0 N–H and O–H groups in total. The van der Waals surface area contributed by atoms with Gasteiger partial charge in [0.15, 0.2) is 0 Å². The summed E-state index contributed by atoms with van der Waals surface area (Å²) in [5.74, 6) is 1.65. The second-order valence-electron chi connectivity index (χ2n) is 11.0. The molecule has 0 radical (unpaired) electrons. The van der Waals surface area contributed by atoms with Gasteiger partial charge < -0.3 is 14.4 Å². The third kappa shape index (κ3) is 7.97. The first-order chi connectivity index (χ1) is 23.2. The molecule has 0 aliphatic heterocycles. The summed E-state index contributed by atoms with van der Waals surface area (Å²) >= 11 is 0. The molecule has 230 valence electrons. The number of rotatable bonds is 11. The van der Waals surface area contributed by atoms with Crippen LogP contribution >= 0.6 is 0 Å². The molecule has 0 aliphatic carbocycles. The molecular formula is C44H37NO2. The fourth-order valence-corrected chi connectivity index (χ4v) is 5.40. The summed E-state index contributed by atoms with van der Waals surface area (Å²) in [5.41, 5.74) is 10.2. The van der Waals surface area contributed by atoms with E-state index in [-0.39, 0.29) is 0 Å². The Morgan fingerprint density at radius 2 is 0.787 bits per heavy atom. The lowest BCUT2D eigenvalue weighted by Gasteiger charge is -2.26. The van der Waals surface area contributed by atoms with E-state index in [1.807, 2.05) is 24.3 Å². The molecule has 3 heteroatoms. The van der Waals surface area contributed by atoms with Crippen LogP contribution in [0.4, 0.5) is 17.1 Å². The molecule has 0 unspecified atom stereocenters. The minimum atomic E-state index is 0.824. The van der Waals surface area contributed by atoms with E-state index < -0.39 is 0 Å². The Balaban J connectivity index is 1.16. The van der Waals surface area contributed by atoms with Crippen molar-refractivity contribution >= 4 is 40.9 Å². The molecule has 0 saturated carbocycles. The average Bonchev–Trinajstić information content (AvgIpc) is 3.15. The van der Waals surface area contributed by atoms with Gasteiger partial charge in [0.05, 0.1) is 14.2 Å². The zero-order chi connectivity index (χ0) is 32.3. The Labute approximate surface area is 278 Å². The molecule has 0 bridgehead atoms. The summed E-state index contributed by atoms with van der Waals surface area (Å²) in [4.78, 5) is 2.22. The third-order valence-electron chi connectivity index (χ3n) is 7.94. The largest absolute Gasteiger partial charge is 0.497 e. The first-order valence-electron chi connectivity index (χ1n) is 15.7. The molecule has 6 aromatic carbocycles. The first-order valence-corrected chi connectivity index (χ1v) is 15.7. The maximum Gasteiger partial charge on any atom is 0.119 e. The highest BCUT2D eigenvalue weighted by molar-refractivity contribution is 5.82. The molecule has 0 heterocycles. The summed E-state index contributed by atoms with van der Waals surface area (Å²) in [7, 11) is 3.36. The summed E-state index contributed by atoms with van der Waals surface area (Å²) in [6.45, 7) is 0. The fourth-order valence-electron chi connectivity index (χ4n) is 5.40. The number of anilines is 3. The van der Waals surface area contributed by atoms with Crippen molar-refractivity contribution in [1.82, 2.24) is 0 Å². The smallest absolute Gasteiger partial charge is 0.119 e. The Morgan fingerprint density at radius 3 is 1.19 bits per heavy atom. The van der Waals surface area contributed by atoms with E-state index in [1.165, 1.54) is 16.7 Å². The van der Waals surface area contributed by atoms with Crippen molar-refractivity contribution in [3.8, 4) is 11.5 Å². The topological polar surface area (TPSA) is 21.7 Å². The average molecular weight is 612 g/mol. The minimum Gasteiger partial charge on any atom is -0.497 e. The molecule has 0 saturated heterocycles. The van der Waals surface area contributed by atoms with Crippen LogP contribution in [0.3, 0.4) is 0 Å². The van der Waals surface area contributed by atoms with Crippen LogP contribution < -0.4 is 14.4 Å². The summed E-state index contributed by atoms with van der Waals surface area (Å²) in [6.07, 6.45) is 10.8. The SMILES string of the molecule is COc1ccc(N(c2ccc(C=Cc3ccc(C=CC=C(c4ccccc4)c4ccccc4)cc3)cc2)c2ccc(OC)cc2)cc1. The predicted octanol–water partition coefficient (Wildman–Crippen LogP) is 11.5. The minimum absolute atomic E-state index is 0.824. The molecular weight excluding hydrogens is 574 g/mol. The van der Waals surface area contributed by atoms with E-state index in [0.717, 1.165) is 45.3 Å². The van der Waals surface area contributed by atoms with E-state index >= 15 is 0 Å². The van der Waals surface area contributed by atoms with Crippen LogP contribution in [0.25, 0.3) is 23.8 Å². The number of nitrogens with zero attached hydrogens (tertiary/aromatic N) is 1. The third-order valence-corrected chi connectivity index (χ3v) is 7.94. The van der Waals surface area contributed by atoms with E-state index in [2.05, 4.69) is 169 Å². The van der Waals surface area contributed by atoms with E-state index in [1.54, 1.807) is 14.2 Å². The van der Waals surface area contributed by atoms with Gasteiger partial charge in [0.25, 0.3) is 0 Å². The summed E-state index contributed by atoms with van der Waals surface area (Å²) in [6, 6.07) is 54.4. The van der Waals surface area contributed by atoms with Gasteiger partial charge in [0.1, 0.15) is 11.5 Å². The standard InChI is InChI=1S/C44H37NO2/c1-46-42-30-26-40(27-31-42)45(41-28-32-43(47-2)33-29-41)39-24-22-36(23-25-39)21-20-35-18-16-34(17-19-35)10-9-15-44(37-11-5-3-6-12-37)38-13-7-4-8-14-38/h3-33H,1-2H3. The van der Waals surface area contributed by atoms with Gasteiger partial charge in [-0.1, -0.05) is 127 Å². The Kier molecular flexibility index (Phi) is 10.1. The number of allylic oxidation sites excluding steroid dienone is 2. The van der Waals surface area contributed by atoms with Crippen molar-refractivity contribution in [3.63, 3.8) is 0 Å². The quantitative estimate of drug-likeness (QED) is 0.107. The van der Waals surface area contributed by atoms with Crippen molar-refractivity contribution < 1.29 is 9.47 Å². The lowest BCUT2D eigenvalue weighted by Crippen LogP contribution is -2.09. The molecule has 0 fully saturated rings. The fraction of sp³-hybridized carbons (Fsp3) is 0.0455. The second kappa shape index (κ2) is 15.3. The molecule has 3 nitrogen and oxygen atoms in total. The molecule has 0 atom stereocenters. The van der Waals surface area contributed by atoms with Gasteiger partial charge in [0, 0.05) is 17.1 Å². The lowest BCUT2D eigenvalue weighted by atomic mass is 9.97. The first kappa shape index (κ1) is 30.9. The van der Waals surface area contributed by atoms with Crippen LogP contribution in [0.5, 0.6) is 11.5 Å². The van der Waals surface area contributed by atoms with Crippen molar-refractivity contribution in [1.29, 1.82) is 0 Å². The van der Waals surface area contributed by atoms with Gasteiger partial charge in [-0.05, 0) is 94.1 Å². The van der Waals surface area contributed by atoms with Crippen molar-refractivity contribution in [2.24, 2.45) is 0 Å².